The number of nitrogens with one attached hydrogen (secondary N) is 1. The number of ether oxygens (including phenoxy) is 1. The maximum atomic E-state index is 11.7. The number of alkyl carbamates (subject to hydrolysis) is 1. The topological polar surface area (TPSA) is 55.4 Å². The summed E-state index contributed by atoms with van der Waals surface area (Å²) in [6, 6.07) is 8.96. The second-order valence-corrected chi connectivity index (χ2v) is 5.06. The van der Waals surface area contributed by atoms with E-state index in [0.29, 0.717) is 6.42 Å². The molecule has 1 unspecified atom stereocenters. The molecule has 0 aliphatic heterocycles. The molecule has 0 aromatic heterocycles. The van der Waals surface area contributed by atoms with Gasteiger partial charge in [-0.15, -0.1) is 0 Å². The molecule has 1 amide bonds. The maximum absolute atomic E-state index is 11.7. The molecule has 0 spiro atoms. The summed E-state index contributed by atoms with van der Waals surface area (Å²) >= 11 is 3.13. The molecule has 1 N–H and O–H groups in total. The van der Waals surface area contributed by atoms with E-state index in [4.69, 9.17) is 4.74 Å². The van der Waals surface area contributed by atoms with Gasteiger partial charge in [0.05, 0.1) is 11.4 Å². The Hall–Kier alpha value is -1.36. The van der Waals surface area contributed by atoms with Crippen LogP contribution in [-0.4, -0.2) is 23.2 Å². The highest BCUT2D eigenvalue weighted by Crippen LogP contribution is 2.05. The van der Waals surface area contributed by atoms with E-state index in [-0.39, 0.29) is 17.7 Å². The molecule has 1 rings (SSSR count). The van der Waals surface area contributed by atoms with Gasteiger partial charge in [-0.2, -0.15) is 0 Å². The fourth-order valence-electron chi connectivity index (χ4n) is 1.72. The van der Waals surface area contributed by atoms with E-state index < -0.39 is 12.1 Å². The van der Waals surface area contributed by atoms with E-state index in [1.807, 2.05) is 37.3 Å². The van der Waals surface area contributed by atoms with E-state index >= 15 is 0 Å². The Morgan fingerprint density at radius 3 is 2.60 bits per heavy atom. The van der Waals surface area contributed by atoms with E-state index in [9.17, 15) is 9.59 Å². The monoisotopic (exact) mass is 341 g/mol. The van der Waals surface area contributed by atoms with E-state index in [1.54, 1.807) is 0 Å². The molecular formula is C15H20BrNO3. The zero-order valence-corrected chi connectivity index (χ0v) is 13.2. The van der Waals surface area contributed by atoms with Crippen molar-refractivity contribution in [2.45, 2.75) is 38.8 Å². The molecule has 1 atom stereocenters. The van der Waals surface area contributed by atoms with Crippen molar-refractivity contribution in [1.29, 1.82) is 0 Å². The van der Waals surface area contributed by atoms with Crippen LogP contribution in [0.4, 0.5) is 4.79 Å². The van der Waals surface area contributed by atoms with Crippen molar-refractivity contribution < 1.29 is 14.3 Å². The van der Waals surface area contributed by atoms with Crippen LogP contribution in [0.25, 0.3) is 0 Å². The molecule has 0 bridgehead atoms. The molecule has 5 heteroatoms. The Labute approximate surface area is 128 Å². The van der Waals surface area contributed by atoms with Gasteiger partial charge in [-0.3, -0.25) is 4.79 Å². The fraction of sp³-hybridized carbons (Fsp3) is 0.467. The van der Waals surface area contributed by atoms with Crippen molar-refractivity contribution in [1.82, 2.24) is 5.32 Å². The van der Waals surface area contributed by atoms with Gasteiger partial charge in [0.1, 0.15) is 6.61 Å². The number of carbonyl (C=O) groups is 2. The third kappa shape index (κ3) is 6.19. The first-order chi connectivity index (χ1) is 9.67. The largest absolute Gasteiger partial charge is 0.445 e. The number of rotatable bonds is 8. The van der Waals surface area contributed by atoms with Gasteiger partial charge in [0.15, 0.2) is 5.78 Å². The normalized spacial score (nSPS) is 11.7. The molecule has 0 heterocycles. The molecule has 0 fully saturated rings. The summed E-state index contributed by atoms with van der Waals surface area (Å²) in [5, 5.41) is 2.87. The molecule has 4 nitrogen and oxygen atoms in total. The molecular weight excluding hydrogens is 322 g/mol. The van der Waals surface area contributed by atoms with Crippen molar-refractivity contribution in [2.75, 3.05) is 5.33 Å². The highest BCUT2D eigenvalue weighted by Gasteiger charge is 2.19. The lowest BCUT2D eigenvalue weighted by Gasteiger charge is -2.16. The average molecular weight is 342 g/mol. The van der Waals surface area contributed by atoms with Crippen LogP contribution in [0.5, 0.6) is 0 Å². The number of halogens is 1. The summed E-state index contributed by atoms with van der Waals surface area (Å²) in [4.78, 5) is 23.4. The van der Waals surface area contributed by atoms with Crippen molar-refractivity contribution in [3.63, 3.8) is 0 Å². The quantitative estimate of drug-likeness (QED) is 0.737. The molecule has 110 valence electrons. The maximum Gasteiger partial charge on any atom is 0.408 e. The Morgan fingerprint density at radius 1 is 1.30 bits per heavy atom. The molecule has 20 heavy (non-hydrogen) atoms. The average Bonchev–Trinajstić information content (AvgIpc) is 2.49. The second-order valence-electron chi connectivity index (χ2n) is 4.50. The zero-order valence-electron chi connectivity index (χ0n) is 11.6. The first-order valence-electron chi connectivity index (χ1n) is 6.73. The lowest BCUT2D eigenvalue weighted by atomic mass is 10.1. The van der Waals surface area contributed by atoms with Gasteiger partial charge in [0, 0.05) is 0 Å². The predicted octanol–water partition coefficient (Wildman–Crippen LogP) is 3.44. The molecule has 1 aromatic rings. The van der Waals surface area contributed by atoms with Crippen molar-refractivity contribution in [3.8, 4) is 0 Å². The Bertz CT molecular complexity index is 422. The first kappa shape index (κ1) is 16.7. The minimum Gasteiger partial charge on any atom is -0.445 e. The van der Waals surface area contributed by atoms with Crippen molar-refractivity contribution in [3.05, 3.63) is 35.9 Å². The van der Waals surface area contributed by atoms with Gasteiger partial charge < -0.3 is 10.1 Å². The number of hydrogen-bond acceptors (Lipinski definition) is 3. The molecule has 0 saturated heterocycles. The first-order valence-corrected chi connectivity index (χ1v) is 7.85. The van der Waals surface area contributed by atoms with Crippen molar-refractivity contribution >= 4 is 27.8 Å². The number of Topliss-reactive ketones (excluding diaryl/α,β-unsaturated/α-hetero) is 1. The van der Waals surface area contributed by atoms with Crippen LogP contribution in [0.3, 0.4) is 0 Å². The minimum absolute atomic E-state index is 0.0323. The molecule has 0 aliphatic rings. The van der Waals surface area contributed by atoms with Gasteiger partial charge in [-0.1, -0.05) is 66.0 Å². The summed E-state index contributed by atoms with van der Waals surface area (Å²) in [7, 11) is 0. The number of unbranched alkanes of at least 4 members (excludes halogenated alkanes) is 1. The minimum atomic E-state index is -0.552. The molecule has 0 radical (unpaired) electrons. The van der Waals surface area contributed by atoms with Crippen LogP contribution < -0.4 is 5.32 Å². The summed E-state index contributed by atoms with van der Waals surface area (Å²) in [6.07, 6.45) is 1.96. The van der Waals surface area contributed by atoms with Crippen LogP contribution in [-0.2, 0) is 16.1 Å². The number of hydrogen-bond donors (Lipinski definition) is 1. The third-order valence-electron chi connectivity index (χ3n) is 2.87. The number of amides is 1. The number of alkyl halides is 1. The fourth-order valence-corrected chi connectivity index (χ4v) is 2.11. The molecule has 0 saturated carbocycles. The molecule has 1 aromatic carbocycles. The summed E-state index contributed by atoms with van der Waals surface area (Å²) in [5.41, 5.74) is 0.916. The van der Waals surface area contributed by atoms with Crippen LogP contribution in [0.1, 0.15) is 31.7 Å². The van der Waals surface area contributed by atoms with Crippen LogP contribution in [0.2, 0.25) is 0 Å². The highest BCUT2D eigenvalue weighted by molar-refractivity contribution is 9.09. The van der Waals surface area contributed by atoms with Crippen LogP contribution in [0, 0.1) is 0 Å². The number of carbonyl (C=O) groups excluding carboxylic acids is 2. The smallest absolute Gasteiger partial charge is 0.408 e. The van der Waals surface area contributed by atoms with E-state index in [1.165, 1.54) is 0 Å². The highest BCUT2D eigenvalue weighted by atomic mass is 79.9. The summed E-state index contributed by atoms with van der Waals surface area (Å²) in [5.74, 6) is -0.0323. The lowest BCUT2D eigenvalue weighted by Crippen LogP contribution is -2.41. The SMILES string of the molecule is CCCCC(NC(=O)OCc1ccccc1)C(=O)CBr. The number of ketones is 1. The third-order valence-corrected chi connectivity index (χ3v) is 3.42. The Balaban J connectivity index is 2.43. The Kier molecular flexibility index (Phi) is 7.95. The van der Waals surface area contributed by atoms with E-state index in [2.05, 4.69) is 21.2 Å². The van der Waals surface area contributed by atoms with Crippen LogP contribution in [0.15, 0.2) is 30.3 Å². The van der Waals surface area contributed by atoms with Crippen LogP contribution >= 0.6 is 15.9 Å². The van der Waals surface area contributed by atoms with E-state index in [0.717, 1.165) is 18.4 Å². The summed E-state index contributed by atoms with van der Waals surface area (Å²) < 4.78 is 5.12. The predicted molar refractivity (Wildman–Crippen MR) is 81.9 cm³/mol. The number of benzene rings is 1. The summed E-state index contributed by atoms with van der Waals surface area (Å²) in [6.45, 7) is 2.25. The zero-order chi connectivity index (χ0) is 14.8. The van der Waals surface area contributed by atoms with Gasteiger partial charge in [0.25, 0.3) is 0 Å². The van der Waals surface area contributed by atoms with Gasteiger partial charge in [0.2, 0.25) is 0 Å². The standard InChI is InChI=1S/C15H20BrNO3/c1-2-3-9-13(14(18)10-16)17-15(19)20-11-12-7-5-4-6-8-12/h4-8,13H,2-3,9-11H2,1H3,(H,17,19). The van der Waals surface area contributed by atoms with Gasteiger partial charge in [-0.05, 0) is 12.0 Å². The molecule has 0 aliphatic carbocycles. The van der Waals surface area contributed by atoms with Crippen molar-refractivity contribution in [2.24, 2.45) is 0 Å². The van der Waals surface area contributed by atoms with Gasteiger partial charge >= 0.3 is 6.09 Å². The Morgan fingerprint density at radius 2 is 2.00 bits per heavy atom. The second kappa shape index (κ2) is 9.53. The van der Waals surface area contributed by atoms with Gasteiger partial charge in [-0.25, -0.2) is 4.79 Å². The lowest BCUT2D eigenvalue weighted by molar-refractivity contribution is -0.118.